The predicted octanol–water partition coefficient (Wildman–Crippen LogP) is 7.55. The van der Waals surface area contributed by atoms with Gasteiger partial charge in [-0.2, -0.15) is 0 Å². The number of nitrogens with zero attached hydrogens (tertiary/aromatic N) is 6. The summed E-state index contributed by atoms with van der Waals surface area (Å²) in [5, 5.41) is 39.3. The summed E-state index contributed by atoms with van der Waals surface area (Å²) in [6.45, 7) is 14.9. The minimum atomic E-state index is -1.01. The second kappa shape index (κ2) is 19.5. The van der Waals surface area contributed by atoms with Crippen LogP contribution >= 0.6 is 22.7 Å². The van der Waals surface area contributed by atoms with Crippen LogP contribution in [0.1, 0.15) is 97.1 Å². The molecule has 3 aromatic carbocycles. The standard InChI is InChI=1S/C50H55N9O7S2/c1-26-29(4)68-49-42(26)43(54-38(22-41(62)63)46-57-56-30(5)59(46)49)32-13-15-34(16-14-32)53-35-17-19-37(20-18-35)66-24-40(61)55-45(50(6,7)8)48(65)58-23-36(60)21-39(58)47(64)52-27(2)31-9-11-33(12-10-31)44-28(3)51-25-67-44/h9-20,25,27,36,38-39,45,53,60H,21-24H2,1-8H3,(H,52,64)(H,55,61)(H,62,63)/t27-,36+,38-,39-,45+/m0/s1. The number of ether oxygens (including phenoxy) is 1. The predicted molar refractivity (Wildman–Crippen MR) is 262 cm³/mol. The molecule has 354 valence electrons. The average molecular weight is 958 g/mol. The van der Waals surface area contributed by atoms with Gasteiger partial charge in [-0.1, -0.05) is 57.2 Å². The molecule has 68 heavy (non-hydrogen) atoms. The highest BCUT2D eigenvalue weighted by Gasteiger charge is 2.45. The number of carboxylic acids is 1. The number of carbonyl (C=O) groups is 4. The van der Waals surface area contributed by atoms with Crippen LogP contribution in [0.25, 0.3) is 15.4 Å². The summed E-state index contributed by atoms with van der Waals surface area (Å²) in [5.41, 5.74) is 9.05. The number of β-amino-alcohol motifs (C(OH)–C–C–N with tert-alkyl or cyclic N) is 1. The Labute approximate surface area is 402 Å². The molecule has 3 amide bonds. The Morgan fingerprint density at radius 2 is 1.56 bits per heavy atom. The molecule has 1 saturated heterocycles. The van der Waals surface area contributed by atoms with Gasteiger partial charge in [-0.05, 0) is 93.1 Å². The Balaban J connectivity index is 0.877. The summed E-state index contributed by atoms with van der Waals surface area (Å²) in [5.74, 6) is -0.742. The zero-order valence-electron chi connectivity index (χ0n) is 39.2. The van der Waals surface area contributed by atoms with Crippen LogP contribution in [0.2, 0.25) is 0 Å². The molecule has 0 unspecified atom stereocenters. The van der Waals surface area contributed by atoms with E-state index in [0.29, 0.717) is 23.1 Å². The summed E-state index contributed by atoms with van der Waals surface area (Å²) in [6, 6.07) is 19.8. The van der Waals surface area contributed by atoms with Crippen LogP contribution in [-0.4, -0.2) is 95.6 Å². The molecule has 5 atom stereocenters. The molecule has 0 spiro atoms. The number of fused-ring (bicyclic) bond motifs is 3. The van der Waals surface area contributed by atoms with Gasteiger partial charge in [0.15, 0.2) is 12.4 Å². The van der Waals surface area contributed by atoms with Gasteiger partial charge in [0.05, 0.1) is 40.4 Å². The van der Waals surface area contributed by atoms with E-state index >= 15 is 0 Å². The number of thiazole rings is 1. The van der Waals surface area contributed by atoms with E-state index in [1.807, 2.05) is 119 Å². The number of anilines is 2. The molecule has 1 fully saturated rings. The smallest absolute Gasteiger partial charge is 0.306 e. The lowest BCUT2D eigenvalue weighted by Crippen LogP contribution is -2.58. The molecule has 6 aromatic rings. The van der Waals surface area contributed by atoms with E-state index in [1.54, 1.807) is 34.8 Å². The van der Waals surface area contributed by atoms with Crippen molar-refractivity contribution in [2.75, 3.05) is 18.5 Å². The molecule has 3 aromatic heterocycles. The number of rotatable bonds is 14. The van der Waals surface area contributed by atoms with Crippen molar-refractivity contribution in [3.63, 3.8) is 0 Å². The van der Waals surface area contributed by atoms with Gasteiger partial charge in [0, 0.05) is 40.3 Å². The van der Waals surface area contributed by atoms with Crippen LogP contribution in [0.15, 0.2) is 83.3 Å². The molecule has 18 heteroatoms. The summed E-state index contributed by atoms with van der Waals surface area (Å²) in [4.78, 5) is 66.2. The minimum absolute atomic E-state index is 0.0391. The van der Waals surface area contributed by atoms with Crippen molar-refractivity contribution >= 4 is 63.5 Å². The van der Waals surface area contributed by atoms with Crippen LogP contribution in [0, 0.1) is 33.1 Å². The number of carbonyl (C=O) groups excluding carboxylic acids is 3. The number of thiophene rings is 1. The van der Waals surface area contributed by atoms with E-state index in [0.717, 1.165) is 59.6 Å². The van der Waals surface area contributed by atoms with Gasteiger partial charge >= 0.3 is 5.97 Å². The fourth-order valence-electron chi connectivity index (χ4n) is 8.57. The SMILES string of the molecule is Cc1ncsc1-c1ccc([C@H](C)NC(=O)[C@@H]2C[C@@H](O)CN2C(=O)[C@@H](NC(=O)COc2ccc(Nc3ccc(C4=N[C@@H](CC(=O)O)c5nnc(C)n5-c5sc(C)c(C)c54)cc3)cc2)C(C)(C)C)cc1. The van der Waals surface area contributed by atoms with E-state index in [4.69, 9.17) is 9.73 Å². The monoisotopic (exact) mass is 957 g/mol. The molecule has 5 heterocycles. The van der Waals surface area contributed by atoms with Crippen LogP contribution in [0.5, 0.6) is 5.75 Å². The molecule has 0 saturated carbocycles. The highest BCUT2D eigenvalue weighted by Crippen LogP contribution is 2.40. The van der Waals surface area contributed by atoms with Crippen molar-refractivity contribution in [1.29, 1.82) is 0 Å². The van der Waals surface area contributed by atoms with E-state index in [-0.39, 0.29) is 37.9 Å². The van der Waals surface area contributed by atoms with Crippen LogP contribution < -0.4 is 20.7 Å². The topological polar surface area (TPSA) is 213 Å². The third-order valence-electron chi connectivity index (χ3n) is 12.3. The molecule has 5 N–H and O–H groups in total. The Morgan fingerprint density at radius 3 is 2.19 bits per heavy atom. The first-order valence-electron chi connectivity index (χ1n) is 22.4. The van der Waals surface area contributed by atoms with Gasteiger partial charge in [0.25, 0.3) is 5.91 Å². The molecule has 0 bridgehead atoms. The van der Waals surface area contributed by atoms with Gasteiger partial charge in [0.1, 0.15) is 34.7 Å². The number of hydrogen-bond acceptors (Lipinski definition) is 13. The number of nitrogens with one attached hydrogen (secondary N) is 3. The molecule has 8 rings (SSSR count). The fraction of sp³-hybridized carbons (Fsp3) is 0.360. The normalized spacial score (nSPS) is 17.6. The zero-order valence-corrected chi connectivity index (χ0v) is 40.8. The number of hydrogen-bond donors (Lipinski definition) is 5. The Morgan fingerprint density at radius 1 is 0.897 bits per heavy atom. The Hall–Kier alpha value is -6.76. The summed E-state index contributed by atoms with van der Waals surface area (Å²) in [6.07, 6.45) is -1.05. The van der Waals surface area contributed by atoms with Crippen molar-refractivity contribution in [3.8, 4) is 21.2 Å². The van der Waals surface area contributed by atoms with Crippen LogP contribution in [0.4, 0.5) is 11.4 Å². The number of likely N-dealkylation sites (tertiary alicyclic amines) is 1. The van der Waals surface area contributed by atoms with Gasteiger partial charge in [0.2, 0.25) is 11.8 Å². The first-order chi connectivity index (χ1) is 32.4. The number of aliphatic carboxylic acids is 1. The summed E-state index contributed by atoms with van der Waals surface area (Å²) < 4.78 is 7.78. The lowest BCUT2D eigenvalue weighted by molar-refractivity contribution is -0.144. The number of carboxylic acid groups (broad SMARTS) is 1. The number of amides is 3. The van der Waals surface area contributed by atoms with Gasteiger partial charge < -0.3 is 35.8 Å². The van der Waals surface area contributed by atoms with E-state index in [9.17, 15) is 29.4 Å². The zero-order chi connectivity index (χ0) is 48.6. The largest absolute Gasteiger partial charge is 0.484 e. The van der Waals surface area contributed by atoms with Crippen molar-refractivity contribution in [2.24, 2.45) is 10.4 Å². The first kappa shape index (κ1) is 47.7. The minimum Gasteiger partial charge on any atom is -0.484 e. The average Bonchev–Trinajstić information content (AvgIpc) is 4.07. The number of aliphatic hydroxyl groups is 1. The quantitative estimate of drug-likeness (QED) is 0.0719. The lowest BCUT2D eigenvalue weighted by Gasteiger charge is -2.35. The Bertz CT molecular complexity index is 2880. The molecular weight excluding hydrogens is 903 g/mol. The fourth-order valence-corrected chi connectivity index (χ4v) is 10.6. The number of aryl methyl sites for hydroxylation is 3. The van der Waals surface area contributed by atoms with Crippen molar-refractivity contribution in [1.82, 2.24) is 35.3 Å². The van der Waals surface area contributed by atoms with E-state index in [2.05, 4.69) is 38.1 Å². The lowest BCUT2D eigenvalue weighted by atomic mass is 9.85. The first-order valence-corrected chi connectivity index (χ1v) is 24.1. The summed E-state index contributed by atoms with van der Waals surface area (Å²) in [7, 11) is 0. The molecule has 0 radical (unpaired) electrons. The van der Waals surface area contributed by atoms with E-state index < -0.39 is 47.4 Å². The number of aliphatic hydroxyl groups excluding tert-OH is 1. The highest BCUT2D eigenvalue weighted by atomic mass is 32.1. The van der Waals surface area contributed by atoms with Gasteiger partial charge in [-0.25, -0.2) is 4.98 Å². The third kappa shape index (κ3) is 10.1. The molecule has 2 aliphatic heterocycles. The maximum absolute atomic E-state index is 14.2. The molecule has 2 aliphatic rings. The Kier molecular flexibility index (Phi) is 13.7. The number of aliphatic imine (C=N–C) groups is 1. The summed E-state index contributed by atoms with van der Waals surface area (Å²) >= 11 is 3.18. The number of benzene rings is 3. The molecule has 0 aliphatic carbocycles. The van der Waals surface area contributed by atoms with Crippen LogP contribution in [0.3, 0.4) is 0 Å². The second-order valence-electron chi connectivity index (χ2n) is 18.4. The highest BCUT2D eigenvalue weighted by molar-refractivity contribution is 7.15. The maximum atomic E-state index is 14.2. The second-order valence-corrected chi connectivity index (χ2v) is 20.5. The van der Waals surface area contributed by atoms with Crippen molar-refractivity contribution < 1.29 is 34.1 Å². The van der Waals surface area contributed by atoms with Gasteiger partial charge in [-0.15, -0.1) is 32.9 Å². The molecular formula is C50H55N9O7S2. The van der Waals surface area contributed by atoms with Gasteiger partial charge in [-0.3, -0.25) is 28.7 Å². The molecule has 16 nitrogen and oxygen atoms in total. The van der Waals surface area contributed by atoms with Crippen molar-refractivity contribution in [3.05, 3.63) is 123 Å². The maximum Gasteiger partial charge on any atom is 0.306 e. The number of aromatic nitrogens is 4. The van der Waals surface area contributed by atoms with Crippen molar-refractivity contribution in [2.45, 2.75) is 98.5 Å². The third-order valence-corrected chi connectivity index (χ3v) is 14.5. The van der Waals surface area contributed by atoms with Crippen LogP contribution in [-0.2, 0) is 19.2 Å². The van der Waals surface area contributed by atoms with E-state index in [1.165, 1.54) is 4.90 Å².